The lowest BCUT2D eigenvalue weighted by Crippen LogP contribution is -2.26. The summed E-state index contributed by atoms with van der Waals surface area (Å²) >= 11 is 0. The molecule has 0 spiro atoms. The number of rotatable bonds is 14. The van der Waals surface area contributed by atoms with Crippen LogP contribution in [0.1, 0.15) is 25.7 Å². The van der Waals surface area contributed by atoms with E-state index in [0.29, 0.717) is 11.5 Å². The Balaban J connectivity index is 3.37. The summed E-state index contributed by atoms with van der Waals surface area (Å²) in [4.78, 5) is 0. The van der Waals surface area contributed by atoms with E-state index in [2.05, 4.69) is 26.2 Å². The van der Waals surface area contributed by atoms with Crippen LogP contribution < -0.4 is 0 Å². The van der Waals surface area contributed by atoms with Gasteiger partial charge in [-0.1, -0.05) is 47.8 Å². The summed E-state index contributed by atoms with van der Waals surface area (Å²) in [6.07, 6.45) is 5.06. The first-order valence-electron chi connectivity index (χ1n) is 7.99. The fourth-order valence-electron chi connectivity index (χ4n) is 2.24. The fourth-order valence-corrected chi connectivity index (χ4v) is 9.06. The van der Waals surface area contributed by atoms with Crippen LogP contribution in [0.5, 0.6) is 0 Å². The van der Waals surface area contributed by atoms with Crippen molar-refractivity contribution in [3.8, 4) is 0 Å². The predicted molar refractivity (Wildman–Crippen MR) is 110 cm³/mol. The van der Waals surface area contributed by atoms with Gasteiger partial charge in [-0.25, -0.2) is 0 Å². The van der Waals surface area contributed by atoms with E-state index in [9.17, 15) is 0 Å². The normalized spacial score (nSPS) is 14.9. The molecule has 0 rings (SSSR count). The van der Waals surface area contributed by atoms with Gasteiger partial charge in [-0.3, -0.25) is 0 Å². The van der Waals surface area contributed by atoms with Crippen molar-refractivity contribution in [3.05, 3.63) is 0 Å². The lowest BCUT2D eigenvalue weighted by Gasteiger charge is -2.18. The summed E-state index contributed by atoms with van der Waals surface area (Å²) in [5.41, 5.74) is 1.13. The molecule has 2 unspecified atom stereocenters. The van der Waals surface area contributed by atoms with Crippen LogP contribution in [-0.4, -0.2) is 54.8 Å². The minimum atomic E-state index is -0.633. The standard InChI is InChI=1S/C14H34O2S3Si2/c1-15-13(20(3)4)9-7-11-17-19-18-12-8-10-14(16-2)21(5)6/h13-14,20-21H,7-12H2,1-6H3. The summed E-state index contributed by atoms with van der Waals surface area (Å²) < 4.78 is 11.1. The summed E-state index contributed by atoms with van der Waals surface area (Å²) in [7, 11) is 8.43. The van der Waals surface area contributed by atoms with Gasteiger partial charge in [0.25, 0.3) is 0 Å². The first kappa shape index (κ1) is 22.4. The molecule has 7 heteroatoms. The molecule has 0 saturated carbocycles. The molecule has 0 aromatic carbocycles. The Kier molecular flexibility index (Phi) is 16.0. The van der Waals surface area contributed by atoms with E-state index >= 15 is 0 Å². The number of ether oxygens (including phenoxy) is 2. The molecule has 0 fully saturated rings. The van der Waals surface area contributed by atoms with Crippen LogP contribution in [-0.2, 0) is 9.47 Å². The van der Waals surface area contributed by atoms with E-state index in [0.717, 1.165) is 0 Å². The third-order valence-electron chi connectivity index (χ3n) is 3.62. The number of hydrogen-bond acceptors (Lipinski definition) is 5. The zero-order valence-corrected chi connectivity index (χ0v) is 19.4. The number of methoxy groups -OCH3 is 2. The average Bonchev–Trinajstić information content (AvgIpc) is 2.44. The summed E-state index contributed by atoms with van der Waals surface area (Å²) in [5, 5.41) is 0. The van der Waals surface area contributed by atoms with Gasteiger partial charge in [-0.05, 0) is 35.5 Å². The van der Waals surface area contributed by atoms with Crippen molar-refractivity contribution in [1.82, 2.24) is 0 Å². The molecule has 2 nitrogen and oxygen atoms in total. The quantitative estimate of drug-likeness (QED) is 0.245. The van der Waals surface area contributed by atoms with E-state index in [-0.39, 0.29) is 0 Å². The monoisotopic (exact) mass is 386 g/mol. The fraction of sp³-hybridized carbons (Fsp3) is 1.00. The number of hydrogen-bond donors (Lipinski definition) is 0. The van der Waals surface area contributed by atoms with E-state index < -0.39 is 17.6 Å². The summed E-state index contributed by atoms with van der Waals surface area (Å²) in [6.45, 7) is 9.50. The lowest BCUT2D eigenvalue weighted by molar-refractivity contribution is 0.153. The van der Waals surface area contributed by atoms with Crippen molar-refractivity contribution in [3.63, 3.8) is 0 Å². The molecule has 2 atom stereocenters. The highest BCUT2D eigenvalue weighted by molar-refractivity contribution is 9.09. The summed E-state index contributed by atoms with van der Waals surface area (Å²) in [5.74, 6) is 2.50. The zero-order valence-electron chi connectivity index (χ0n) is 14.6. The smallest absolute Gasteiger partial charge is 0.0655 e. The highest BCUT2D eigenvalue weighted by Crippen LogP contribution is 2.35. The molecule has 0 aromatic rings. The second-order valence-electron chi connectivity index (χ2n) is 6.03. The minimum absolute atomic E-state index is 0.564. The van der Waals surface area contributed by atoms with E-state index in [4.69, 9.17) is 9.47 Å². The Morgan fingerprint density at radius 3 is 1.43 bits per heavy atom. The van der Waals surface area contributed by atoms with Gasteiger partial charge < -0.3 is 9.47 Å². The van der Waals surface area contributed by atoms with Gasteiger partial charge >= 0.3 is 0 Å². The van der Waals surface area contributed by atoms with Crippen LogP contribution >= 0.6 is 31.4 Å². The molecule has 0 saturated heterocycles. The highest BCUT2D eigenvalue weighted by Gasteiger charge is 2.13. The van der Waals surface area contributed by atoms with E-state index in [1.807, 2.05) is 45.6 Å². The second kappa shape index (κ2) is 15.0. The average molecular weight is 387 g/mol. The van der Waals surface area contributed by atoms with E-state index in [1.54, 1.807) is 0 Å². The molecular weight excluding hydrogens is 353 g/mol. The first-order valence-corrected chi connectivity index (χ1v) is 17.8. The molecule has 21 heavy (non-hydrogen) atoms. The Labute approximate surface area is 147 Å². The van der Waals surface area contributed by atoms with Gasteiger partial charge in [-0.15, -0.1) is 0 Å². The maximum absolute atomic E-state index is 5.56. The minimum Gasteiger partial charge on any atom is -0.385 e. The SMILES string of the molecule is COC(CCCSSSCCCC(OC)[SiH](C)C)[SiH](C)C. The van der Waals surface area contributed by atoms with Gasteiger partial charge in [0.2, 0.25) is 0 Å². The van der Waals surface area contributed by atoms with Crippen LogP contribution in [0, 0.1) is 0 Å². The van der Waals surface area contributed by atoms with Crippen molar-refractivity contribution in [2.75, 3.05) is 25.7 Å². The Morgan fingerprint density at radius 1 is 0.762 bits per heavy atom. The Morgan fingerprint density at radius 2 is 1.14 bits per heavy atom. The van der Waals surface area contributed by atoms with Crippen molar-refractivity contribution in [2.24, 2.45) is 0 Å². The molecule has 0 aliphatic carbocycles. The first-order chi connectivity index (χ1) is 10.0. The van der Waals surface area contributed by atoms with Gasteiger partial charge in [0, 0.05) is 37.2 Å². The van der Waals surface area contributed by atoms with Gasteiger partial charge in [0.15, 0.2) is 0 Å². The zero-order chi connectivity index (χ0) is 16.1. The largest absolute Gasteiger partial charge is 0.385 e. The second-order valence-corrected chi connectivity index (χ2v) is 17.0. The molecule has 0 heterocycles. The molecule has 0 N–H and O–H groups in total. The van der Waals surface area contributed by atoms with Crippen LogP contribution in [0.3, 0.4) is 0 Å². The van der Waals surface area contributed by atoms with Crippen LogP contribution in [0.4, 0.5) is 0 Å². The van der Waals surface area contributed by atoms with Crippen molar-refractivity contribution < 1.29 is 9.47 Å². The molecule has 0 aliphatic rings. The predicted octanol–water partition coefficient (Wildman–Crippen LogP) is 4.66. The molecule has 0 bridgehead atoms. The van der Waals surface area contributed by atoms with Crippen LogP contribution in [0.15, 0.2) is 0 Å². The maximum atomic E-state index is 5.56. The highest BCUT2D eigenvalue weighted by atomic mass is 33.5. The molecule has 0 aromatic heterocycles. The molecular formula is C14H34O2S3Si2. The van der Waals surface area contributed by atoms with Gasteiger partial charge in [-0.2, -0.15) is 0 Å². The van der Waals surface area contributed by atoms with Crippen LogP contribution in [0.2, 0.25) is 26.2 Å². The Bertz CT molecular complexity index is 212. The maximum Gasteiger partial charge on any atom is 0.0655 e. The third kappa shape index (κ3) is 12.5. The molecule has 0 radical (unpaired) electrons. The summed E-state index contributed by atoms with van der Waals surface area (Å²) in [6, 6.07) is 0. The van der Waals surface area contributed by atoms with Crippen molar-refractivity contribution in [2.45, 2.75) is 63.3 Å². The molecule has 128 valence electrons. The van der Waals surface area contributed by atoms with Gasteiger partial charge in [0.05, 0.1) is 17.6 Å². The third-order valence-corrected chi connectivity index (χ3v) is 12.2. The lowest BCUT2D eigenvalue weighted by atomic mass is 10.3. The molecule has 0 amide bonds. The topological polar surface area (TPSA) is 18.5 Å². The van der Waals surface area contributed by atoms with Crippen molar-refractivity contribution in [1.29, 1.82) is 0 Å². The van der Waals surface area contributed by atoms with Crippen LogP contribution in [0.25, 0.3) is 0 Å². The molecule has 0 aliphatic heterocycles. The van der Waals surface area contributed by atoms with Gasteiger partial charge in [0.1, 0.15) is 0 Å². The Hall–Kier alpha value is 1.40. The van der Waals surface area contributed by atoms with E-state index in [1.165, 1.54) is 37.2 Å². The van der Waals surface area contributed by atoms with Crippen molar-refractivity contribution >= 4 is 49.0 Å².